The average molecular weight is 286 g/mol. The van der Waals surface area contributed by atoms with Crippen LogP contribution >= 0.6 is 0 Å². The number of carbonyl (C=O) groups is 3. The number of nitrogens with zero attached hydrogens (tertiary/aromatic N) is 1. The molecule has 1 N–H and O–H groups in total. The molecule has 0 aliphatic carbocycles. The molecule has 1 aromatic heterocycles. The van der Waals surface area contributed by atoms with Crippen molar-refractivity contribution >= 4 is 28.7 Å². The van der Waals surface area contributed by atoms with Gasteiger partial charge in [-0.3, -0.25) is 14.5 Å². The Morgan fingerprint density at radius 1 is 1.29 bits per heavy atom. The summed E-state index contributed by atoms with van der Waals surface area (Å²) in [5, 5.41) is 3.34. The predicted molar refractivity (Wildman–Crippen MR) is 74.9 cm³/mol. The van der Waals surface area contributed by atoms with Crippen molar-refractivity contribution in [3.63, 3.8) is 0 Å². The normalized spacial score (nSPS) is 17.3. The van der Waals surface area contributed by atoms with Gasteiger partial charge in [-0.2, -0.15) is 0 Å². The quantitative estimate of drug-likeness (QED) is 0.691. The van der Waals surface area contributed by atoms with Gasteiger partial charge in [0.15, 0.2) is 5.76 Å². The second-order valence-electron chi connectivity index (χ2n) is 5.52. The monoisotopic (exact) mass is 286 g/mol. The summed E-state index contributed by atoms with van der Waals surface area (Å²) in [6, 6.07) is 8.28. The molecule has 0 radical (unpaired) electrons. The number of nitrogens with one attached hydrogen (secondary N) is 1. The number of imide groups is 1. The highest BCUT2D eigenvalue weighted by Crippen LogP contribution is 2.21. The van der Waals surface area contributed by atoms with E-state index in [1.54, 1.807) is 32.0 Å². The molecule has 3 rings (SSSR count). The lowest BCUT2D eigenvalue weighted by Gasteiger charge is -2.14. The first kappa shape index (κ1) is 13.4. The van der Waals surface area contributed by atoms with Crippen LogP contribution in [0.3, 0.4) is 0 Å². The molecule has 0 spiro atoms. The number of hydrogen-bond acceptors (Lipinski definition) is 4. The van der Waals surface area contributed by atoms with E-state index in [2.05, 4.69) is 5.32 Å². The first-order valence-corrected chi connectivity index (χ1v) is 6.54. The molecule has 0 bridgehead atoms. The summed E-state index contributed by atoms with van der Waals surface area (Å²) in [5.74, 6) is -0.689. The van der Waals surface area contributed by atoms with Gasteiger partial charge in [-0.25, -0.2) is 4.79 Å². The first-order chi connectivity index (χ1) is 9.88. The minimum Gasteiger partial charge on any atom is -0.453 e. The molecule has 1 aliphatic rings. The Bertz CT molecular complexity index is 727. The number of para-hydroxylation sites is 1. The Morgan fingerprint density at radius 2 is 2.00 bits per heavy atom. The number of amides is 3. The van der Waals surface area contributed by atoms with Gasteiger partial charge in [-0.15, -0.1) is 0 Å². The maximum Gasteiger partial charge on any atom is 0.325 e. The zero-order valence-electron chi connectivity index (χ0n) is 11.7. The number of Topliss-reactive ketones (excluding diaryl/α,β-unsaturated/α-hetero) is 1. The van der Waals surface area contributed by atoms with Crippen molar-refractivity contribution in [2.24, 2.45) is 0 Å². The molecule has 1 aromatic carbocycles. The molecule has 0 saturated carbocycles. The summed E-state index contributed by atoms with van der Waals surface area (Å²) < 4.78 is 5.44. The van der Waals surface area contributed by atoms with Gasteiger partial charge in [0.05, 0.1) is 6.54 Å². The number of ketones is 1. The van der Waals surface area contributed by atoms with Crippen molar-refractivity contribution in [2.45, 2.75) is 19.4 Å². The highest BCUT2D eigenvalue weighted by Gasteiger charge is 2.45. The largest absolute Gasteiger partial charge is 0.453 e. The van der Waals surface area contributed by atoms with Crippen LogP contribution < -0.4 is 5.32 Å². The van der Waals surface area contributed by atoms with Gasteiger partial charge in [0.2, 0.25) is 5.78 Å². The van der Waals surface area contributed by atoms with E-state index >= 15 is 0 Å². The molecule has 2 aromatic rings. The van der Waals surface area contributed by atoms with Gasteiger partial charge < -0.3 is 9.73 Å². The fourth-order valence-corrected chi connectivity index (χ4v) is 2.30. The molecule has 21 heavy (non-hydrogen) atoms. The van der Waals surface area contributed by atoms with E-state index in [0.29, 0.717) is 5.58 Å². The van der Waals surface area contributed by atoms with Gasteiger partial charge in [0.1, 0.15) is 11.1 Å². The molecule has 0 atom stereocenters. The zero-order valence-corrected chi connectivity index (χ0v) is 11.7. The van der Waals surface area contributed by atoms with Crippen LogP contribution in [0.25, 0.3) is 11.0 Å². The summed E-state index contributed by atoms with van der Waals surface area (Å²) >= 11 is 0. The smallest absolute Gasteiger partial charge is 0.325 e. The Labute approximate surface area is 120 Å². The van der Waals surface area contributed by atoms with Crippen LogP contribution in [-0.4, -0.2) is 34.7 Å². The molecule has 3 amide bonds. The average Bonchev–Trinajstić information content (AvgIpc) is 2.93. The van der Waals surface area contributed by atoms with Crippen LogP contribution in [0.5, 0.6) is 0 Å². The molecule has 6 nitrogen and oxygen atoms in total. The molecular weight excluding hydrogens is 272 g/mol. The van der Waals surface area contributed by atoms with E-state index in [-0.39, 0.29) is 12.3 Å². The van der Waals surface area contributed by atoms with Gasteiger partial charge in [0.25, 0.3) is 5.91 Å². The molecule has 1 aliphatic heterocycles. The molecular formula is C15H14N2O4. The van der Waals surface area contributed by atoms with Crippen molar-refractivity contribution in [1.82, 2.24) is 10.2 Å². The fourth-order valence-electron chi connectivity index (χ4n) is 2.30. The van der Waals surface area contributed by atoms with Crippen LogP contribution in [0, 0.1) is 0 Å². The maximum absolute atomic E-state index is 12.2. The Hall–Kier alpha value is -2.63. The third-order valence-electron chi connectivity index (χ3n) is 3.45. The minimum absolute atomic E-state index is 0.140. The SMILES string of the molecule is CC1(C)NC(=O)N(CC(=O)c2cc3ccccc3o2)C1=O. The Morgan fingerprint density at radius 3 is 2.62 bits per heavy atom. The summed E-state index contributed by atoms with van der Waals surface area (Å²) in [6.45, 7) is 2.87. The minimum atomic E-state index is -0.981. The van der Waals surface area contributed by atoms with Crippen molar-refractivity contribution in [2.75, 3.05) is 6.54 Å². The van der Waals surface area contributed by atoms with E-state index in [9.17, 15) is 14.4 Å². The number of urea groups is 1. The topological polar surface area (TPSA) is 79.6 Å². The van der Waals surface area contributed by atoms with Crippen LogP contribution in [0.4, 0.5) is 4.79 Å². The Balaban J connectivity index is 1.83. The standard InChI is InChI=1S/C15H14N2O4/c1-15(2)13(19)17(14(20)16-15)8-10(18)12-7-9-5-3-4-6-11(9)21-12/h3-7H,8H2,1-2H3,(H,16,20). The van der Waals surface area contributed by atoms with Gasteiger partial charge >= 0.3 is 6.03 Å². The zero-order chi connectivity index (χ0) is 15.2. The van der Waals surface area contributed by atoms with Gasteiger partial charge in [0, 0.05) is 5.39 Å². The molecule has 2 heterocycles. The van der Waals surface area contributed by atoms with Gasteiger partial charge in [-0.05, 0) is 26.0 Å². The van der Waals surface area contributed by atoms with E-state index in [4.69, 9.17) is 4.42 Å². The molecule has 0 unspecified atom stereocenters. The summed E-state index contributed by atoms with van der Waals surface area (Å²) in [5.41, 5.74) is -0.385. The van der Waals surface area contributed by atoms with Crippen LogP contribution in [0.2, 0.25) is 0 Å². The van der Waals surface area contributed by atoms with Crippen LogP contribution in [0.1, 0.15) is 24.4 Å². The van der Waals surface area contributed by atoms with E-state index in [1.165, 1.54) is 0 Å². The Kier molecular flexibility index (Phi) is 2.83. The highest BCUT2D eigenvalue weighted by molar-refractivity contribution is 6.10. The third kappa shape index (κ3) is 2.18. The van der Waals surface area contributed by atoms with Crippen molar-refractivity contribution < 1.29 is 18.8 Å². The lowest BCUT2D eigenvalue weighted by Crippen LogP contribution is -2.41. The fraction of sp³-hybridized carbons (Fsp3) is 0.267. The van der Waals surface area contributed by atoms with E-state index in [1.807, 2.05) is 12.1 Å². The lowest BCUT2D eigenvalue weighted by molar-refractivity contribution is -0.129. The molecule has 1 fully saturated rings. The maximum atomic E-state index is 12.2. The second kappa shape index (κ2) is 4.44. The number of hydrogen-bond donors (Lipinski definition) is 1. The van der Waals surface area contributed by atoms with E-state index < -0.39 is 23.3 Å². The van der Waals surface area contributed by atoms with Crippen molar-refractivity contribution in [1.29, 1.82) is 0 Å². The number of benzene rings is 1. The van der Waals surface area contributed by atoms with Crippen molar-refractivity contribution in [3.05, 3.63) is 36.1 Å². The third-order valence-corrected chi connectivity index (χ3v) is 3.45. The molecule has 6 heteroatoms. The van der Waals surface area contributed by atoms with Crippen LogP contribution in [0.15, 0.2) is 34.7 Å². The predicted octanol–water partition coefficient (Wildman–Crippen LogP) is 1.95. The number of carbonyl (C=O) groups excluding carboxylic acids is 3. The second-order valence-corrected chi connectivity index (χ2v) is 5.52. The highest BCUT2D eigenvalue weighted by atomic mass is 16.3. The first-order valence-electron chi connectivity index (χ1n) is 6.54. The van der Waals surface area contributed by atoms with Gasteiger partial charge in [-0.1, -0.05) is 18.2 Å². The molecule has 108 valence electrons. The number of fused-ring (bicyclic) bond motifs is 1. The lowest BCUT2D eigenvalue weighted by atomic mass is 10.1. The van der Waals surface area contributed by atoms with E-state index in [0.717, 1.165) is 10.3 Å². The summed E-state index contributed by atoms with van der Waals surface area (Å²) in [4.78, 5) is 36.9. The number of rotatable bonds is 3. The number of furan rings is 1. The van der Waals surface area contributed by atoms with Crippen LogP contribution in [-0.2, 0) is 4.79 Å². The molecule has 1 saturated heterocycles. The van der Waals surface area contributed by atoms with Crippen molar-refractivity contribution in [3.8, 4) is 0 Å². The summed E-state index contributed by atoms with van der Waals surface area (Å²) in [7, 11) is 0. The summed E-state index contributed by atoms with van der Waals surface area (Å²) in [6.07, 6.45) is 0.